The fraction of sp³-hybridized carbons (Fsp3) is 0.329. The number of carbonyl (C=O) groups is 3. The van der Waals surface area contributed by atoms with Gasteiger partial charge in [-0.15, -0.1) is 17.6 Å². The Labute approximate surface area is 597 Å². The van der Waals surface area contributed by atoms with Crippen molar-refractivity contribution in [3.63, 3.8) is 0 Å². The molecule has 20 heteroatoms. The molecule has 1 N–H and O–H groups in total. The first-order valence-corrected chi connectivity index (χ1v) is 33.3. The Hall–Kier alpha value is -9.57. The number of benzene rings is 8. The number of aromatic nitrogens is 2. The van der Waals surface area contributed by atoms with Gasteiger partial charge < -0.3 is 52.1 Å². The van der Waals surface area contributed by atoms with Crippen LogP contribution in [0.25, 0.3) is 21.8 Å². The van der Waals surface area contributed by atoms with Gasteiger partial charge in [-0.2, -0.15) is 0 Å². The van der Waals surface area contributed by atoms with Gasteiger partial charge >= 0.3 is 12.6 Å². The van der Waals surface area contributed by atoms with Gasteiger partial charge in [0.2, 0.25) is 0 Å². The van der Waals surface area contributed by atoms with Crippen molar-refractivity contribution in [2.75, 3.05) is 26.2 Å². The summed E-state index contributed by atoms with van der Waals surface area (Å²) in [5.41, 5.74) is -0.306. The fourth-order valence-corrected chi connectivity index (χ4v) is 13.0. The van der Waals surface area contributed by atoms with Crippen LogP contribution in [0.2, 0.25) is 0 Å². The highest BCUT2D eigenvalue weighted by Gasteiger charge is 2.54. The van der Waals surface area contributed by atoms with Gasteiger partial charge in [0.1, 0.15) is 29.8 Å². The van der Waals surface area contributed by atoms with Gasteiger partial charge in [-0.05, 0) is 131 Å². The minimum atomic E-state index is -3.82. The summed E-state index contributed by atoms with van der Waals surface area (Å²) >= 11 is 0. The van der Waals surface area contributed by atoms with E-state index in [-0.39, 0.29) is 107 Å². The maximum Gasteiger partial charge on any atom is 0.586 e. The summed E-state index contributed by atoms with van der Waals surface area (Å²) in [7, 11) is 0. The van der Waals surface area contributed by atoms with Crippen molar-refractivity contribution in [2.24, 2.45) is 0 Å². The van der Waals surface area contributed by atoms with Crippen LogP contribution < -0.4 is 18.9 Å². The van der Waals surface area contributed by atoms with Crippen molar-refractivity contribution in [3.05, 3.63) is 262 Å². The van der Waals surface area contributed by atoms with Crippen LogP contribution in [0.4, 0.5) is 26.3 Å². The number of Topliss-reactive ketones (excluding diaryl/α,β-unsaturated/α-hetero) is 3. The summed E-state index contributed by atoms with van der Waals surface area (Å²) in [6.45, 7) is -5.16. The van der Waals surface area contributed by atoms with Crippen molar-refractivity contribution in [3.8, 4) is 23.0 Å². The predicted octanol–water partition coefficient (Wildman–Crippen LogP) is 16.2. The van der Waals surface area contributed by atoms with Gasteiger partial charge in [0.05, 0.1) is 98.1 Å². The van der Waals surface area contributed by atoms with Crippen molar-refractivity contribution in [2.45, 2.75) is 146 Å². The molecule has 2 aliphatic heterocycles. The first-order valence-electron chi connectivity index (χ1n) is 37.3. The molecular weight excluding hydrogens is 1320 g/mol. The second kappa shape index (κ2) is 29.0. The lowest BCUT2D eigenvalue weighted by Gasteiger charge is -2.28. The van der Waals surface area contributed by atoms with Crippen molar-refractivity contribution in [1.82, 2.24) is 9.13 Å². The number of carbonyl (C=O) groups excluding carboxylic acids is 3. The standard InChI is InChI=1S/C41H40F3NO6.C41H38F3NO6/c2*1-39(2,26-49-24-28-11-7-4-8-12-28)37-18-30-17-29(19-38(47)40(15-16-40)31-13-14-35-36(20-31)51-41(43,44)50-35)33(42)21-34(30)45(37)22-32(46)25-48-23-27-9-5-3-6-10-27/h3-14,17-18,20-21,32,46H,15-16,19,22-26H2,1-2H3;3-14,17-18,20-21H,15-16,19,22-26H2,1-2H3/i2*25D2,26D2. The van der Waals surface area contributed by atoms with Gasteiger partial charge in [-0.3, -0.25) is 14.4 Å². The van der Waals surface area contributed by atoms with E-state index in [0.717, 1.165) is 17.2 Å². The average Bonchev–Trinajstić information content (AvgIpc) is 1.63. The Morgan fingerprint density at radius 3 is 1.27 bits per heavy atom. The van der Waals surface area contributed by atoms with Crippen LogP contribution in [0, 0.1) is 11.6 Å². The molecule has 2 aliphatic carbocycles. The van der Waals surface area contributed by atoms with Gasteiger partial charge in [0.15, 0.2) is 28.8 Å². The molecule has 0 radical (unpaired) electrons. The predicted molar refractivity (Wildman–Crippen MR) is 370 cm³/mol. The number of halogens is 6. The van der Waals surface area contributed by atoms with E-state index >= 15 is 8.78 Å². The van der Waals surface area contributed by atoms with E-state index < -0.39 is 97.1 Å². The molecule has 10 aromatic rings. The van der Waals surface area contributed by atoms with Crippen LogP contribution in [0.5, 0.6) is 23.0 Å². The van der Waals surface area contributed by atoms with Gasteiger partial charge in [0.25, 0.3) is 0 Å². The number of hydrogen-bond donors (Lipinski definition) is 1. The van der Waals surface area contributed by atoms with Gasteiger partial charge in [0, 0.05) is 45.8 Å². The number of rotatable bonds is 30. The third-order valence-corrected chi connectivity index (χ3v) is 18.6. The number of aliphatic hydroxyl groups is 1. The minimum absolute atomic E-state index is 0.0359. The van der Waals surface area contributed by atoms with Crippen molar-refractivity contribution in [1.29, 1.82) is 0 Å². The molecule has 1 unspecified atom stereocenters. The average molecular weight is 1410 g/mol. The number of ether oxygens (including phenoxy) is 8. The molecule has 2 aromatic heterocycles. The highest BCUT2D eigenvalue weighted by atomic mass is 19.3. The number of hydrogen-bond acceptors (Lipinski definition) is 12. The fourth-order valence-electron chi connectivity index (χ4n) is 13.0. The molecule has 0 spiro atoms. The summed E-state index contributed by atoms with van der Waals surface area (Å²) in [6, 6.07) is 52.6. The van der Waals surface area contributed by atoms with Crippen molar-refractivity contribution < 1.29 is 94.7 Å². The number of nitrogens with zero attached hydrogens (tertiary/aromatic N) is 2. The molecular formula is C82H78F6N2O12. The quantitative estimate of drug-likeness (QED) is 0.0426. The third kappa shape index (κ3) is 16.0. The van der Waals surface area contributed by atoms with E-state index in [1.54, 1.807) is 131 Å². The smallest absolute Gasteiger partial charge is 0.395 e. The highest BCUT2D eigenvalue weighted by Crippen LogP contribution is 2.55. The third-order valence-electron chi connectivity index (χ3n) is 18.6. The van der Waals surface area contributed by atoms with Crippen molar-refractivity contribution >= 4 is 39.2 Å². The normalized spacial score (nSPS) is 17.7. The molecule has 0 saturated heterocycles. The molecule has 8 aromatic carbocycles. The molecule has 1 atom stereocenters. The Bertz CT molecular complexity index is 5100. The first-order chi connectivity index (χ1) is 51.8. The molecule has 0 amide bonds. The monoisotopic (exact) mass is 1400 g/mol. The number of fused-ring (bicyclic) bond motifs is 4. The lowest BCUT2D eigenvalue weighted by molar-refractivity contribution is -0.287. The Morgan fingerprint density at radius 1 is 0.490 bits per heavy atom. The van der Waals surface area contributed by atoms with E-state index in [0.29, 0.717) is 58.7 Å². The highest BCUT2D eigenvalue weighted by molar-refractivity contribution is 5.97. The minimum Gasteiger partial charge on any atom is -0.395 e. The van der Waals surface area contributed by atoms with Gasteiger partial charge in [-0.1, -0.05) is 161 Å². The molecule has 4 aliphatic rings. The summed E-state index contributed by atoms with van der Waals surface area (Å²) < 4.78 is 201. The Kier molecular flexibility index (Phi) is 17.4. The maximum atomic E-state index is 16.1. The lowest BCUT2D eigenvalue weighted by atomic mass is 9.87. The molecule has 530 valence electrons. The van der Waals surface area contributed by atoms with Crippen LogP contribution >= 0.6 is 0 Å². The largest absolute Gasteiger partial charge is 0.586 e. The SMILES string of the molecule is [2H]C([2H])(OCc1ccccc1)C(=O)Cn1c(C(C)(C)C([2H])([2H])OCc2ccccc2)cc2cc(CC(=O)C3(c4ccc5c(c4)OC(F)(F)O5)CC3)c(F)cc21.[2H]C([2H])(OCc1ccccc1)C(O)Cn1c(C(C)(C)C([2H])([2H])OCc2ccccc2)cc2cc(CC(=O)C3(c4ccc5c(c4)OC(F)(F)O5)CC3)c(F)cc21. The number of ketones is 3. The van der Waals surface area contributed by atoms with E-state index in [1.165, 1.54) is 63.7 Å². The van der Waals surface area contributed by atoms with Crippen LogP contribution in [0.15, 0.2) is 194 Å². The van der Waals surface area contributed by atoms with Crippen LogP contribution in [0.3, 0.4) is 0 Å². The lowest BCUT2D eigenvalue weighted by Crippen LogP contribution is -2.30. The Morgan fingerprint density at radius 2 is 0.863 bits per heavy atom. The molecule has 14 nitrogen and oxygen atoms in total. The molecule has 2 saturated carbocycles. The first kappa shape index (κ1) is 61.1. The van der Waals surface area contributed by atoms with E-state index in [9.17, 15) is 37.1 Å². The molecule has 102 heavy (non-hydrogen) atoms. The molecule has 4 heterocycles. The zero-order valence-electron chi connectivity index (χ0n) is 64.1. The van der Waals surface area contributed by atoms with E-state index in [2.05, 4.69) is 18.9 Å². The molecule has 0 bridgehead atoms. The Balaban J connectivity index is 0.000000193. The number of alkyl halides is 4. The summed E-state index contributed by atoms with van der Waals surface area (Å²) in [6.07, 6.45) is -8.36. The van der Waals surface area contributed by atoms with E-state index in [4.69, 9.17) is 29.9 Å². The van der Waals surface area contributed by atoms with E-state index in [1.807, 2.05) is 30.3 Å². The van der Waals surface area contributed by atoms with Crippen LogP contribution in [-0.2, 0) is 107 Å². The summed E-state index contributed by atoms with van der Waals surface area (Å²) in [4.78, 5) is 41.3. The number of aliphatic hydroxyl groups excluding tert-OH is 1. The second-order valence-electron chi connectivity index (χ2n) is 27.0. The van der Waals surface area contributed by atoms with Gasteiger partial charge in [-0.25, -0.2) is 8.78 Å². The maximum absolute atomic E-state index is 16.1. The zero-order chi connectivity index (χ0) is 78.8. The topological polar surface area (TPSA) is 155 Å². The van der Waals surface area contributed by atoms with Crippen LogP contribution in [0.1, 0.15) is 120 Å². The van der Waals surface area contributed by atoms with Crippen LogP contribution in [-0.4, -0.2) is 76.5 Å². The second-order valence-corrected chi connectivity index (χ2v) is 27.0. The summed E-state index contributed by atoms with van der Waals surface area (Å²) in [5.74, 6) is -3.83. The molecule has 14 rings (SSSR count). The molecule has 2 fully saturated rings. The summed E-state index contributed by atoms with van der Waals surface area (Å²) in [5, 5.41) is 12.1. The zero-order valence-corrected chi connectivity index (χ0v) is 56.1.